The van der Waals surface area contributed by atoms with Crippen molar-refractivity contribution >= 4 is 43.5 Å². The monoisotopic (exact) mass is 671 g/mol. The Kier molecular flexibility index (Phi) is 10.4. The molecule has 0 aromatic heterocycles. The van der Waals surface area contributed by atoms with Crippen LogP contribution < -0.4 is 19.1 Å². The van der Waals surface area contributed by atoms with Crippen molar-refractivity contribution in [2.24, 2.45) is 0 Å². The Labute approximate surface area is 262 Å². The summed E-state index contributed by atoms with van der Waals surface area (Å²) in [5.74, 6) is 0.525. The number of anilines is 1. The summed E-state index contributed by atoms with van der Waals surface area (Å²) in [6.45, 7) is 6.09. The van der Waals surface area contributed by atoms with Crippen LogP contribution in [0.3, 0.4) is 0 Å². The van der Waals surface area contributed by atoms with Gasteiger partial charge in [-0.3, -0.25) is 13.9 Å². The van der Waals surface area contributed by atoms with Crippen LogP contribution in [0.2, 0.25) is 0 Å². The van der Waals surface area contributed by atoms with E-state index in [4.69, 9.17) is 9.47 Å². The molecule has 230 valence electrons. The van der Waals surface area contributed by atoms with Crippen molar-refractivity contribution in [3.8, 4) is 11.5 Å². The standard InChI is InChI=1S/C32H38BrN3O6S/c1-32(2,3)34-31(38)27(19-23-9-6-5-7-10-23)35(21-24-12-14-25(33)15-13-24)30(37)11-8-18-36(43(4,39)40)26-16-17-28-29(20-26)42-22-41-28/h5-7,9-10,12-17,20,27H,8,11,18-19,21-22H2,1-4H3,(H,34,38)/t27-/m1/s1. The molecule has 0 fully saturated rings. The van der Waals surface area contributed by atoms with E-state index in [0.717, 1.165) is 21.9 Å². The molecule has 0 aliphatic carbocycles. The summed E-state index contributed by atoms with van der Waals surface area (Å²) in [5.41, 5.74) is 1.73. The van der Waals surface area contributed by atoms with Gasteiger partial charge >= 0.3 is 0 Å². The van der Waals surface area contributed by atoms with Crippen molar-refractivity contribution in [1.82, 2.24) is 10.2 Å². The molecular formula is C32H38BrN3O6S. The Hall–Kier alpha value is -3.57. The number of sulfonamides is 1. The predicted molar refractivity (Wildman–Crippen MR) is 171 cm³/mol. The van der Waals surface area contributed by atoms with Crippen LogP contribution >= 0.6 is 15.9 Å². The number of fused-ring (bicyclic) bond motifs is 1. The topological polar surface area (TPSA) is 105 Å². The molecule has 0 unspecified atom stereocenters. The number of carbonyl (C=O) groups excluding carboxylic acids is 2. The van der Waals surface area contributed by atoms with Gasteiger partial charge in [0.15, 0.2) is 11.5 Å². The van der Waals surface area contributed by atoms with Crippen LogP contribution in [-0.2, 0) is 32.6 Å². The average Bonchev–Trinajstić information content (AvgIpc) is 3.41. The van der Waals surface area contributed by atoms with Crippen LogP contribution in [0.4, 0.5) is 5.69 Å². The van der Waals surface area contributed by atoms with Crippen molar-refractivity contribution < 1.29 is 27.5 Å². The number of halogens is 1. The molecule has 4 rings (SSSR count). The molecule has 1 aliphatic heterocycles. The highest BCUT2D eigenvalue weighted by Gasteiger charge is 2.32. The van der Waals surface area contributed by atoms with Crippen molar-refractivity contribution in [2.75, 3.05) is 23.9 Å². The SMILES string of the molecule is CC(C)(C)NC(=O)[C@@H](Cc1ccccc1)N(Cc1ccc(Br)cc1)C(=O)CCCN(c1ccc2c(c1)OCO2)S(C)(=O)=O. The molecule has 0 spiro atoms. The highest BCUT2D eigenvalue weighted by Crippen LogP contribution is 2.36. The quantitative estimate of drug-likeness (QED) is 0.281. The minimum atomic E-state index is -3.65. The number of benzene rings is 3. The van der Waals surface area contributed by atoms with Gasteiger partial charge < -0.3 is 19.7 Å². The van der Waals surface area contributed by atoms with Crippen molar-refractivity contribution in [1.29, 1.82) is 0 Å². The molecule has 0 saturated carbocycles. The molecule has 0 bridgehead atoms. The molecule has 1 N–H and O–H groups in total. The summed E-state index contributed by atoms with van der Waals surface area (Å²) >= 11 is 3.46. The van der Waals surface area contributed by atoms with Gasteiger partial charge in [0.1, 0.15) is 6.04 Å². The summed E-state index contributed by atoms with van der Waals surface area (Å²) in [7, 11) is -3.65. The first-order chi connectivity index (χ1) is 20.3. The number of ether oxygens (including phenoxy) is 2. The average molecular weight is 673 g/mol. The van der Waals surface area contributed by atoms with Crippen molar-refractivity contribution in [3.05, 3.63) is 88.4 Å². The number of carbonyl (C=O) groups is 2. The molecular weight excluding hydrogens is 634 g/mol. The first-order valence-electron chi connectivity index (χ1n) is 14.1. The van der Waals surface area contributed by atoms with Crippen LogP contribution in [0, 0.1) is 0 Å². The largest absolute Gasteiger partial charge is 0.454 e. The van der Waals surface area contributed by atoms with Gasteiger partial charge in [-0.2, -0.15) is 0 Å². The lowest BCUT2D eigenvalue weighted by atomic mass is 10.00. The maximum absolute atomic E-state index is 14.0. The van der Waals surface area contributed by atoms with E-state index in [0.29, 0.717) is 23.6 Å². The van der Waals surface area contributed by atoms with Crippen LogP contribution in [0.1, 0.15) is 44.7 Å². The summed E-state index contributed by atoms with van der Waals surface area (Å²) in [4.78, 5) is 29.3. The molecule has 1 heterocycles. The van der Waals surface area contributed by atoms with E-state index < -0.39 is 21.6 Å². The fourth-order valence-electron chi connectivity index (χ4n) is 4.84. The second-order valence-electron chi connectivity index (χ2n) is 11.6. The second kappa shape index (κ2) is 13.8. The molecule has 2 amide bonds. The molecule has 3 aromatic rings. The molecule has 43 heavy (non-hydrogen) atoms. The van der Waals surface area contributed by atoms with Crippen LogP contribution in [0.25, 0.3) is 0 Å². The van der Waals surface area contributed by atoms with Crippen LogP contribution in [0.15, 0.2) is 77.3 Å². The molecule has 9 nitrogen and oxygen atoms in total. The normalized spacial score (nSPS) is 13.3. The fraction of sp³-hybridized carbons (Fsp3) is 0.375. The van der Waals surface area contributed by atoms with E-state index >= 15 is 0 Å². The highest BCUT2D eigenvalue weighted by atomic mass is 79.9. The molecule has 11 heteroatoms. The predicted octanol–water partition coefficient (Wildman–Crippen LogP) is 5.28. The van der Waals surface area contributed by atoms with Gasteiger partial charge in [0.05, 0.1) is 11.9 Å². The van der Waals surface area contributed by atoms with E-state index in [1.807, 2.05) is 75.4 Å². The van der Waals surface area contributed by atoms with Crippen molar-refractivity contribution in [3.63, 3.8) is 0 Å². The summed E-state index contributed by atoms with van der Waals surface area (Å²) < 4.78 is 38.4. The zero-order chi connectivity index (χ0) is 31.2. The van der Waals surface area contributed by atoms with Gasteiger partial charge in [0.25, 0.3) is 0 Å². The van der Waals surface area contributed by atoms with E-state index in [1.165, 1.54) is 4.31 Å². The molecule has 1 aliphatic rings. The summed E-state index contributed by atoms with van der Waals surface area (Å²) in [5, 5.41) is 3.06. The Morgan fingerprint density at radius 1 is 0.953 bits per heavy atom. The molecule has 1 atom stereocenters. The lowest BCUT2D eigenvalue weighted by Gasteiger charge is -2.34. The van der Waals surface area contributed by atoms with Crippen LogP contribution in [-0.4, -0.2) is 56.3 Å². The lowest BCUT2D eigenvalue weighted by Crippen LogP contribution is -2.54. The first kappa shape index (κ1) is 32.3. The lowest BCUT2D eigenvalue weighted by molar-refractivity contribution is -0.142. The molecule has 3 aromatic carbocycles. The second-order valence-corrected chi connectivity index (χ2v) is 14.4. The number of nitrogens with zero attached hydrogens (tertiary/aromatic N) is 2. The van der Waals surface area contributed by atoms with Gasteiger partial charge in [-0.15, -0.1) is 0 Å². The van der Waals surface area contributed by atoms with E-state index in [9.17, 15) is 18.0 Å². The number of rotatable bonds is 12. The Morgan fingerprint density at radius 3 is 2.28 bits per heavy atom. The number of amides is 2. The van der Waals surface area contributed by atoms with Gasteiger partial charge in [0.2, 0.25) is 28.6 Å². The highest BCUT2D eigenvalue weighted by molar-refractivity contribution is 9.10. The number of hydrogen-bond acceptors (Lipinski definition) is 6. The Bertz CT molecular complexity index is 1520. The maximum Gasteiger partial charge on any atom is 0.243 e. The van der Waals surface area contributed by atoms with E-state index in [-0.39, 0.29) is 44.5 Å². The molecule has 0 radical (unpaired) electrons. The zero-order valence-corrected chi connectivity index (χ0v) is 27.3. The van der Waals surface area contributed by atoms with E-state index in [2.05, 4.69) is 21.2 Å². The zero-order valence-electron chi connectivity index (χ0n) is 24.9. The van der Waals surface area contributed by atoms with Gasteiger partial charge in [-0.05, 0) is 62.6 Å². The Balaban J connectivity index is 1.58. The minimum absolute atomic E-state index is 0.0428. The number of hydrogen-bond donors (Lipinski definition) is 1. The smallest absolute Gasteiger partial charge is 0.243 e. The third-order valence-corrected chi connectivity index (χ3v) is 8.55. The van der Waals surface area contributed by atoms with Crippen molar-refractivity contribution in [2.45, 2.75) is 58.2 Å². The first-order valence-corrected chi connectivity index (χ1v) is 16.7. The van der Waals surface area contributed by atoms with Gasteiger partial charge in [-0.25, -0.2) is 8.42 Å². The maximum atomic E-state index is 14.0. The van der Waals surface area contributed by atoms with E-state index in [1.54, 1.807) is 23.1 Å². The van der Waals surface area contributed by atoms with Gasteiger partial charge in [0, 0.05) is 42.0 Å². The van der Waals surface area contributed by atoms with Crippen LogP contribution in [0.5, 0.6) is 11.5 Å². The summed E-state index contributed by atoms with van der Waals surface area (Å²) in [6.07, 6.45) is 1.75. The fourth-order valence-corrected chi connectivity index (χ4v) is 6.06. The third-order valence-electron chi connectivity index (χ3n) is 6.83. The van der Waals surface area contributed by atoms with Gasteiger partial charge in [-0.1, -0.05) is 58.4 Å². The Morgan fingerprint density at radius 2 is 1.63 bits per heavy atom. The third kappa shape index (κ3) is 9.21. The summed E-state index contributed by atoms with van der Waals surface area (Å²) in [6, 6.07) is 21.4. The minimum Gasteiger partial charge on any atom is -0.454 e. The molecule has 0 saturated heterocycles. The number of nitrogens with one attached hydrogen (secondary N) is 1.